The first kappa shape index (κ1) is 26.4. The Balaban J connectivity index is 0.00000363. The van der Waals surface area contributed by atoms with Crippen molar-refractivity contribution >= 4 is 47.5 Å². The van der Waals surface area contributed by atoms with E-state index in [1.54, 1.807) is 19.4 Å². The second-order valence-electron chi connectivity index (χ2n) is 7.49. The third kappa shape index (κ3) is 8.95. The van der Waals surface area contributed by atoms with Crippen LogP contribution in [0.5, 0.6) is 5.75 Å². The Morgan fingerprint density at radius 1 is 1.12 bits per heavy atom. The van der Waals surface area contributed by atoms with Crippen LogP contribution in [-0.2, 0) is 0 Å². The highest BCUT2D eigenvalue weighted by Crippen LogP contribution is 2.16. The number of guanidine groups is 1. The number of ether oxygens (including phenoxy) is 1. The number of hydrogen-bond acceptors (Lipinski definition) is 6. The summed E-state index contributed by atoms with van der Waals surface area (Å²) in [5, 5.41) is 7.40. The number of halogens is 2. The van der Waals surface area contributed by atoms with Crippen molar-refractivity contribution in [3.8, 4) is 5.75 Å². The van der Waals surface area contributed by atoms with E-state index in [2.05, 4.69) is 35.4 Å². The van der Waals surface area contributed by atoms with Crippen molar-refractivity contribution in [2.75, 3.05) is 57.8 Å². The monoisotopic (exact) mass is 573 g/mol. The molecule has 1 aromatic heterocycles. The molecule has 2 aromatic rings. The summed E-state index contributed by atoms with van der Waals surface area (Å²) in [6, 6.07) is 9.25. The molecule has 0 saturated carbocycles. The van der Waals surface area contributed by atoms with E-state index < -0.39 is 0 Å². The van der Waals surface area contributed by atoms with E-state index in [1.807, 2.05) is 37.3 Å². The molecule has 1 saturated heterocycles. The van der Waals surface area contributed by atoms with Crippen LogP contribution in [0.25, 0.3) is 0 Å². The lowest BCUT2D eigenvalue weighted by atomic mass is 10.3. The van der Waals surface area contributed by atoms with Gasteiger partial charge in [-0.3, -0.25) is 9.89 Å². The molecule has 10 heteroatoms. The summed E-state index contributed by atoms with van der Waals surface area (Å²) in [6.07, 6.45) is 4.65. The zero-order valence-electron chi connectivity index (χ0n) is 18.7. The molecule has 1 atom stereocenters. The third-order valence-electron chi connectivity index (χ3n) is 5.08. The van der Waals surface area contributed by atoms with Crippen molar-refractivity contribution in [2.24, 2.45) is 4.99 Å². The Morgan fingerprint density at radius 2 is 1.81 bits per heavy atom. The Hall–Kier alpha value is -1.85. The van der Waals surface area contributed by atoms with Crippen molar-refractivity contribution in [1.29, 1.82) is 0 Å². The molecule has 1 aliphatic heterocycles. The number of rotatable bonds is 9. The van der Waals surface area contributed by atoms with Crippen LogP contribution in [0.15, 0.2) is 47.7 Å². The number of piperazine rings is 1. The van der Waals surface area contributed by atoms with Crippen molar-refractivity contribution < 1.29 is 4.74 Å². The maximum Gasteiger partial charge on any atom is 0.225 e. The molecule has 0 bridgehead atoms. The fourth-order valence-corrected chi connectivity index (χ4v) is 3.51. The fourth-order valence-electron chi connectivity index (χ4n) is 3.38. The summed E-state index contributed by atoms with van der Waals surface area (Å²) in [7, 11) is 1.78. The molecular formula is C22H33ClIN7O. The van der Waals surface area contributed by atoms with Crippen LogP contribution in [0.3, 0.4) is 0 Å². The van der Waals surface area contributed by atoms with Gasteiger partial charge >= 0.3 is 0 Å². The number of hydrogen-bond donors (Lipinski definition) is 2. The van der Waals surface area contributed by atoms with Crippen molar-refractivity contribution in [3.05, 3.63) is 47.7 Å². The molecule has 0 spiro atoms. The van der Waals surface area contributed by atoms with Gasteiger partial charge in [0.2, 0.25) is 5.95 Å². The molecule has 1 aliphatic rings. The van der Waals surface area contributed by atoms with Gasteiger partial charge in [0.15, 0.2) is 5.96 Å². The van der Waals surface area contributed by atoms with E-state index in [4.69, 9.17) is 16.3 Å². The maximum absolute atomic E-state index is 5.91. The van der Waals surface area contributed by atoms with Gasteiger partial charge in [0.05, 0.1) is 6.54 Å². The topological polar surface area (TPSA) is 77.9 Å². The molecule has 176 valence electrons. The van der Waals surface area contributed by atoms with E-state index in [9.17, 15) is 0 Å². The lowest BCUT2D eigenvalue weighted by molar-refractivity contribution is 0.223. The molecule has 0 aliphatic carbocycles. The van der Waals surface area contributed by atoms with E-state index >= 15 is 0 Å². The van der Waals surface area contributed by atoms with Gasteiger partial charge in [0, 0.05) is 57.2 Å². The van der Waals surface area contributed by atoms with E-state index in [-0.39, 0.29) is 30.1 Å². The SMILES string of the molecule is CN=C(NCCCN1CCN(c2ncccn2)CC1)NCC(C)Oc1ccc(Cl)cc1.I. The molecule has 0 radical (unpaired) electrons. The maximum atomic E-state index is 5.91. The minimum Gasteiger partial charge on any atom is -0.489 e. The summed E-state index contributed by atoms with van der Waals surface area (Å²) >= 11 is 5.91. The fraction of sp³-hybridized carbons (Fsp3) is 0.500. The van der Waals surface area contributed by atoms with Crippen LogP contribution in [0.2, 0.25) is 5.02 Å². The minimum absolute atomic E-state index is 0. The van der Waals surface area contributed by atoms with Gasteiger partial charge in [-0.1, -0.05) is 11.6 Å². The summed E-state index contributed by atoms with van der Waals surface area (Å²) in [4.78, 5) is 17.7. The first-order valence-corrected chi connectivity index (χ1v) is 11.1. The van der Waals surface area contributed by atoms with Gasteiger partial charge in [-0.05, 0) is 50.2 Å². The first-order chi connectivity index (χ1) is 15.1. The largest absolute Gasteiger partial charge is 0.489 e. The molecule has 2 heterocycles. The molecular weight excluding hydrogens is 541 g/mol. The highest BCUT2D eigenvalue weighted by Gasteiger charge is 2.18. The molecule has 1 unspecified atom stereocenters. The first-order valence-electron chi connectivity index (χ1n) is 10.7. The Bertz CT molecular complexity index is 802. The molecule has 0 amide bonds. The van der Waals surface area contributed by atoms with E-state index in [0.29, 0.717) is 11.6 Å². The number of anilines is 1. The Morgan fingerprint density at radius 3 is 2.47 bits per heavy atom. The quantitative estimate of drug-likeness (QED) is 0.207. The molecule has 3 rings (SSSR count). The zero-order chi connectivity index (χ0) is 21.9. The Labute approximate surface area is 212 Å². The standard InChI is InChI=1S/C22H32ClN7O.HI/c1-18(31-20-7-5-19(23)6-8-20)17-28-21(24-2)25-11-4-12-29-13-15-30(16-14-29)22-26-9-3-10-27-22;/h3,5-10,18H,4,11-17H2,1-2H3,(H2,24,25,28);1H. The Kier molecular flexibility index (Phi) is 11.8. The normalized spacial score (nSPS) is 15.6. The molecule has 8 nitrogen and oxygen atoms in total. The second kappa shape index (κ2) is 14.3. The van der Waals surface area contributed by atoms with E-state index in [1.165, 1.54) is 0 Å². The van der Waals surface area contributed by atoms with Gasteiger partial charge in [0.25, 0.3) is 0 Å². The van der Waals surface area contributed by atoms with Crippen LogP contribution in [-0.4, -0.2) is 79.8 Å². The van der Waals surface area contributed by atoms with Crippen LogP contribution in [0, 0.1) is 0 Å². The zero-order valence-corrected chi connectivity index (χ0v) is 21.8. The van der Waals surface area contributed by atoms with Crippen LogP contribution >= 0.6 is 35.6 Å². The lowest BCUT2D eigenvalue weighted by Crippen LogP contribution is -2.48. The van der Waals surface area contributed by atoms with Gasteiger partial charge in [-0.2, -0.15) is 0 Å². The molecule has 1 fully saturated rings. The van der Waals surface area contributed by atoms with Crippen molar-refractivity contribution in [2.45, 2.75) is 19.4 Å². The second-order valence-corrected chi connectivity index (χ2v) is 7.93. The van der Waals surface area contributed by atoms with Gasteiger partial charge in [0.1, 0.15) is 11.9 Å². The predicted octanol–water partition coefficient (Wildman–Crippen LogP) is 2.89. The molecule has 32 heavy (non-hydrogen) atoms. The average molecular weight is 574 g/mol. The van der Waals surface area contributed by atoms with Gasteiger partial charge < -0.3 is 20.3 Å². The highest BCUT2D eigenvalue weighted by molar-refractivity contribution is 14.0. The number of nitrogens with one attached hydrogen (secondary N) is 2. The predicted molar refractivity (Wildman–Crippen MR) is 142 cm³/mol. The van der Waals surface area contributed by atoms with Crippen LogP contribution in [0.1, 0.15) is 13.3 Å². The van der Waals surface area contributed by atoms with Gasteiger partial charge in [-0.15, -0.1) is 24.0 Å². The number of aromatic nitrogens is 2. The third-order valence-corrected chi connectivity index (χ3v) is 5.33. The van der Waals surface area contributed by atoms with Crippen LogP contribution < -0.4 is 20.3 Å². The summed E-state index contributed by atoms with van der Waals surface area (Å²) in [5.74, 6) is 2.42. The number of benzene rings is 1. The number of aliphatic imine (C=N–C) groups is 1. The lowest BCUT2D eigenvalue weighted by Gasteiger charge is -2.34. The van der Waals surface area contributed by atoms with Crippen molar-refractivity contribution in [1.82, 2.24) is 25.5 Å². The molecule has 2 N–H and O–H groups in total. The summed E-state index contributed by atoms with van der Waals surface area (Å²) in [5.41, 5.74) is 0. The number of nitrogens with zero attached hydrogens (tertiary/aromatic N) is 5. The smallest absolute Gasteiger partial charge is 0.225 e. The van der Waals surface area contributed by atoms with Crippen molar-refractivity contribution in [3.63, 3.8) is 0 Å². The van der Waals surface area contributed by atoms with Crippen LogP contribution in [0.4, 0.5) is 5.95 Å². The highest BCUT2D eigenvalue weighted by atomic mass is 127. The van der Waals surface area contributed by atoms with E-state index in [0.717, 1.165) is 63.3 Å². The van der Waals surface area contributed by atoms with Gasteiger partial charge in [-0.25, -0.2) is 9.97 Å². The average Bonchev–Trinajstić information content (AvgIpc) is 2.81. The summed E-state index contributed by atoms with van der Waals surface area (Å²) < 4.78 is 5.89. The molecule has 1 aromatic carbocycles. The minimum atomic E-state index is 0. The summed E-state index contributed by atoms with van der Waals surface area (Å²) in [6.45, 7) is 8.60.